The zero-order valence-corrected chi connectivity index (χ0v) is 8.82. The summed E-state index contributed by atoms with van der Waals surface area (Å²) >= 11 is 0. The van der Waals surface area contributed by atoms with Gasteiger partial charge < -0.3 is 20.1 Å². The molecule has 2 rings (SSSR count). The van der Waals surface area contributed by atoms with E-state index >= 15 is 0 Å². The van der Waals surface area contributed by atoms with Gasteiger partial charge in [0.05, 0.1) is 12.6 Å². The number of fused-ring (bicyclic) bond motifs is 1. The number of aryl methyl sites for hydroxylation is 1. The van der Waals surface area contributed by atoms with Crippen LogP contribution in [-0.2, 0) is 13.6 Å². The highest BCUT2D eigenvalue weighted by Crippen LogP contribution is 2.36. The first-order chi connectivity index (χ1) is 7.19. The van der Waals surface area contributed by atoms with Crippen LogP contribution in [0.15, 0.2) is 18.3 Å². The third-order valence-corrected chi connectivity index (χ3v) is 2.61. The highest BCUT2D eigenvalue weighted by molar-refractivity contribution is 5.92. The number of ether oxygens (including phenoxy) is 1. The van der Waals surface area contributed by atoms with Crippen LogP contribution in [0.3, 0.4) is 0 Å². The van der Waals surface area contributed by atoms with Crippen molar-refractivity contribution in [2.75, 3.05) is 7.11 Å². The zero-order valence-electron chi connectivity index (χ0n) is 8.82. The van der Waals surface area contributed by atoms with E-state index in [9.17, 15) is 5.11 Å². The van der Waals surface area contributed by atoms with Crippen LogP contribution in [-0.4, -0.2) is 16.8 Å². The van der Waals surface area contributed by atoms with Gasteiger partial charge in [-0.25, -0.2) is 0 Å². The highest BCUT2D eigenvalue weighted by Gasteiger charge is 2.13. The summed E-state index contributed by atoms with van der Waals surface area (Å²) in [6.45, 7) is 0.401. The first kappa shape index (κ1) is 9.86. The Morgan fingerprint density at radius 1 is 1.47 bits per heavy atom. The summed E-state index contributed by atoms with van der Waals surface area (Å²) in [7, 11) is 3.46. The Balaban J connectivity index is 2.83. The van der Waals surface area contributed by atoms with Gasteiger partial charge in [0, 0.05) is 25.2 Å². The van der Waals surface area contributed by atoms with Gasteiger partial charge in [-0.3, -0.25) is 0 Å². The number of nitrogens with zero attached hydrogens (tertiary/aromatic N) is 1. The number of rotatable bonds is 2. The first-order valence-corrected chi connectivity index (χ1v) is 4.73. The van der Waals surface area contributed by atoms with Gasteiger partial charge in [-0.2, -0.15) is 0 Å². The summed E-state index contributed by atoms with van der Waals surface area (Å²) in [6.07, 6.45) is 1.92. The third kappa shape index (κ3) is 1.34. The Morgan fingerprint density at radius 3 is 2.80 bits per heavy atom. The number of nitrogens with two attached hydrogens (primary N) is 1. The SMILES string of the molecule is COc1ccc2c(c(CN)cn2C)c1O. The third-order valence-electron chi connectivity index (χ3n) is 2.61. The number of aromatic hydroxyl groups is 1. The molecular weight excluding hydrogens is 192 g/mol. The van der Waals surface area contributed by atoms with Crippen molar-refractivity contribution < 1.29 is 9.84 Å². The van der Waals surface area contributed by atoms with E-state index in [1.165, 1.54) is 7.11 Å². The normalized spacial score (nSPS) is 10.9. The van der Waals surface area contributed by atoms with Crippen LogP contribution in [0.5, 0.6) is 11.5 Å². The molecule has 0 fully saturated rings. The molecule has 0 aliphatic heterocycles. The first-order valence-electron chi connectivity index (χ1n) is 4.73. The van der Waals surface area contributed by atoms with E-state index in [1.807, 2.05) is 23.9 Å². The molecule has 3 N–H and O–H groups in total. The molecule has 0 bridgehead atoms. The molecule has 0 saturated heterocycles. The van der Waals surface area contributed by atoms with Crippen molar-refractivity contribution >= 4 is 10.9 Å². The predicted octanol–water partition coefficient (Wildman–Crippen LogP) is 1.35. The van der Waals surface area contributed by atoms with Crippen LogP contribution in [0.4, 0.5) is 0 Å². The lowest BCUT2D eigenvalue weighted by Crippen LogP contribution is -1.94. The summed E-state index contributed by atoms with van der Waals surface area (Å²) < 4.78 is 7.00. The summed E-state index contributed by atoms with van der Waals surface area (Å²) in [5, 5.41) is 10.8. The number of methoxy groups -OCH3 is 1. The van der Waals surface area contributed by atoms with Crippen molar-refractivity contribution in [3.63, 3.8) is 0 Å². The molecule has 1 aromatic heterocycles. The number of hydrogen-bond acceptors (Lipinski definition) is 3. The molecule has 80 valence electrons. The Labute approximate surface area is 87.9 Å². The van der Waals surface area contributed by atoms with E-state index in [4.69, 9.17) is 10.5 Å². The molecule has 0 atom stereocenters. The number of benzene rings is 1. The predicted molar refractivity (Wildman–Crippen MR) is 59.0 cm³/mol. The molecule has 4 nitrogen and oxygen atoms in total. The maximum Gasteiger partial charge on any atom is 0.167 e. The van der Waals surface area contributed by atoms with Gasteiger partial charge in [-0.05, 0) is 17.7 Å². The maximum atomic E-state index is 9.98. The second-order valence-electron chi connectivity index (χ2n) is 3.48. The van der Waals surface area contributed by atoms with Gasteiger partial charge in [0.2, 0.25) is 0 Å². The average Bonchev–Trinajstić information content (AvgIpc) is 2.57. The number of phenolic OH excluding ortho intramolecular Hbond substituents is 1. The molecule has 0 unspecified atom stereocenters. The number of aromatic nitrogens is 1. The second kappa shape index (κ2) is 3.47. The molecule has 1 aromatic carbocycles. The van der Waals surface area contributed by atoms with Gasteiger partial charge in [0.15, 0.2) is 11.5 Å². The van der Waals surface area contributed by atoms with E-state index in [-0.39, 0.29) is 5.75 Å². The Kier molecular flexibility index (Phi) is 2.28. The van der Waals surface area contributed by atoms with Crippen molar-refractivity contribution in [2.24, 2.45) is 12.8 Å². The fourth-order valence-electron chi connectivity index (χ4n) is 1.86. The minimum atomic E-state index is 0.163. The standard InChI is InChI=1S/C11H14N2O2/c1-13-6-7(5-12)10-8(13)3-4-9(15-2)11(10)14/h3-4,6,14H,5,12H2,1-2H3. The summed E-state index contributed by atoms with van der Waals surface area (Å²) in [5.74, 6) is 0.638. The number of hydrogen-bond donors (Lipinski definition) is 2. The van der Waals surface area contributed by atoms with E-state index < -0.39 is 0 Å². The lowest BCUT2D eigenvalue weighted by atomic mass is 10.1. The van der Waals surface area contributed by atoms with Crippen LogP contribution in [0.1, 0.15) is 5.56 Å². The topological polar surface area (TPSA) is 60.4 Å². The van der Waals surface area contributed by atoms with Gasteiger partial charge in [0.1, 0.15) is 0 Å². The minimum absolute atomic E-state index is 0.163. The van der Waals surface area contributed by atoms with Crippen molar-refractivity contribution in [1.82, 2.24) is 4.57 Å². The highest BCUT2D eigenvalue weighted by atomic mass is 16.5. The average molecular weight is 206 g/mol. The van der Waals surface area contributed by atoms with Crippen molar-refractivity contribution in [3.05, 3.63) is 23.9 Å². The van der Waals surface area contributed by atoms with Crippen LogP contribution in [0.25, 0.3) is 10.9 Å². The minimum Gasteiger partial charge on any atom is -0.504 e. The van der Waals surface area contributed by atoms with Crippen molar-refractivity contribution in [1.29, 1.82) is 0 Å². The van der Waals surface area contributed by atoms with Crippen LogP contribution >= 0.6 is 0 Å². The maximum absolute atomic E-state index is 9.98. The molecular formula is C11H14N2O2. The van der Waals surface area contributed by atoms with Gasteiger partial charge in [-0.1, -0.05) is 0 Å². The molecule has 15 heavy (non-hydrogen) atoms. The van der Waals surface area contributed by atoms with Crippen molar-refractivity contribution in [2.45, 2.75) is 6.54 Å². The molecule has 0 amide bonds. The van der Waals surface area contributed by atoms with Crippen LogP contribution in [0.2, 0.25) is 0 Å². The lowest BCUT2D eigenvalue weighted by molar-refractivity contribution is 0.376. The monoisotopic (exact) mass is 206 g/mol. The summed E-state index contributed by atoms with van der Waals surface area (Å²) in [5.41, 5.74) is 7.50. The fourth-order valence-corrected chi connectivity index (χ4v) is 1.86. The summed E-state index contributed by atoms with van der Waals surface area (Å²) in [6, 6.07) is 3.66. The molecule has 2 aromatic rings. The molecule has 0 aliphatic rings. The molecule has 0 radical (unpaired) electrons. The van der Waals surface area contributed by atoms with Crippen LogP contribution < -0.4 is 10.5 Å². The zero-order chi connectivity index (χ0) is 11.0. The molecule has 4 heteroatoms. The lowest BCUT2D eigenvalue weighted by Gasteiger charge is -2.05. The van der Waals surface area contributed by atoms with Gasteiger partial charge in [0.25, 0.3) is 0 Å². The summed E-state index contributed by atoms with van der Waals surface area (Å²) in [4.78, 5) is 0. The fraction of sp³-hybridized carbons (Fsp3) is 0.273. The molecule has 1 heterocycles. The quantitative estimate of drug-likeness (QED) is 0.779. The van der Waals surface area contributed by atoms with Crippen LogP contribution in [0, 0.1) is 0 Å². The van der Waals surface area contributed by atoms with Gasteiger partial charge >= 0.3 is 0 Å². The smallest absolute Gasteiger partial charge is 0.167 e. The van der Waals surface area contributed by atoms with Gasteiger partial charge in [-0.15, -0.1) is 0 Å². The Hall–Kier alpha value is -1.68. The Bertz CT molecular complexity index is 503. The molecule has 0 spiro atoms. The van der Waals surface area contributed by atoms with E-state index in [2.05, 4.69) is 0 Å². The van der Waals surface area contributed by atoms with Crippen molar-refractivity contribution in [3.8, 4) is 11.5 Å². The largest absolute Gasteiger partial charge is 0.504 e. The van der Waals surface area contributed by atoms with E-state index in [0.717, 1.165) is 16.5 Å². The molecule has 0 saturated carbocycles. The molecule has 0 aliphatic carbocycles. The second-order valence-corrected chi connectivity index (χ2v) is 3.48. The van der Waals surface area contributed by atoms with E-state index in [1.54, 1.807) is 6.07 Å². The van der Waals surface area contributed by atoms with E-state index in [0.29, 0.717) is 12.3 Å². The number of phenols is 1. The Morgan fingerprint density at radius 2 is 2.20 bits per heavy atom.